The topological polar surface area (TPSA) is 27.7 Å². The summed E-state index contributed by atoms with van der Waals surface area (Å²) in [6, 6.07) is 2.85. The van der Waals surface area contributed by atoms with Crippen LogP contribution in [0, 0.1) is 41.2 Å². The lowest BCUT2D eigenvalue weighted by molar-refractivity contribution is -0.0576. The molecule has 1 aromatic rings. The monoisotopic (exact) mass is 464 g/mol. The van der Waals surface area contributed by atoms with E-state index in [4.69, 9.17) is 14.2 Å². The molecule has 1 saturated heterocycles. The Hall–Kier alpha value is -1.36. The van der Waals surface area contributed by atoms with E-state index in [9.17, 15) is 8.78 Å². The molecule has 3 nitrogen and oxygen atoms in total. The molecule has 0 bridgehead atoms. The van der Waals surface area contributed by atoms with E-state index in [2.05, 4.69) is 6.92 Å². The van der Waals surface area contributed by atoms with Crippen LogP contribution in [0.2, 0.25) is 0 Å². The van der Waals surface area contributed by atoms with Crippen molar-refractivity contribution in [1.29, 1.82) is 0 Å². The maximum absolute atomic E-state index is 14.2. The summed E-state index contributed by atoms with van der Waals surface area (Å²) in [7, 11) is 0. The van der Waals surface area contributed by atoms with Crippen molar-refractivity contribution in [2.45, 2.75) is 90.6 Å². The smallest absolute Gasteiger partial charge is 0.204 e. The van der Waals surface area contributed by atoms with Gasteiger partial charge in [0.05, 0.1) is 19.3 Å². The van der Waals surface area contributed by atoms with E-state index in [1.165, 1.54) is 69.9 Å². The van der Waals surface area contributed by atoms with Crippen molar-refractivity contribution in [3.8, 4) is 11.5 Å². The lowest BCUT2D eigenvalue weighted by atomic mass is 9.66. The Morgan fingerprint density at radius 3 is 1.76 bits per heavy atom. The first-order chi connectivity index (χ1) is 16.1. The van der Waals surface area contributed by atoms with Gasteiger partial charge in [0.25, 0.3) is 0 Å². The van der Waals surface area contributed by atoms with Crippen molar-refractivity contribution >= 4 is 0 Å². The van der Waals surface area contributed by atoms with Crippen molar-refractivity contribution in [2.75, 3.05) is 19.8 Å². The van der Waals surface area contributed by atoms with E-state index in [-0.39, 0.29) is 30.8 Å². The molecule has 186 valence electrons. The first kappa shape index (κ1) is 24.8. The Morgan fingerprint density at radius 2 is 1.24 bits per heavy atom. The van der Waals surface area contributed by atoms with Gasteiger partial charge in [-0.1, -0.05) is 26.2 Å². The molecular weight excluding hydrogens is 422 g/mol. The summed E-state index contributed by atoms with van der Waals surface area (Å²) >= 11 is 0. The molecule has 0 spiro atoms. The number of hydrogen-bond donors (Lipinski definition) is 0. The molecule has 4 rings (SSSR count). The van der Waals surface area contributed by atoms with Crippen molar-refractivity contribution < 1.29 is 23.0 Å². The van der Waals surface area contributed by atoms with E-state index in [0.29, 0.717) is 5.92 Å². The van der Waals surface area contributed by atoms with Crippen LogP contribution >= 0.6 is 0 Å². The van der Waals surface area contributed by atoms with Crippen molar-refractivity contribution in [3.05, 3.63) is 23.8 Å². The Morgan fingerprint density at radius 1 is 0.727 bits per heavy atom. The van der Waals surface area contributed by atoms with Gasteiger partial charge in [0.2, 0.25) is 11.6 Å². The average Bonchev–Trinajstić information content (AvgIpc) is 2.87. The van der Waals surface area contributed by atoms with E-state index >= 15 is 0 Å². The van der Waals surface area contributed by atoms with Crippen LogP contribution in [0.3, 0.4) is 0 Å². The second-order valence-electron chi connectivity index (χ2n) is 10.6. The van der Waals surface area contributed by atoms with Gasteiger partial charge in [0.1, 0.15) is 6.61 Å². The lowest BCUT2D eigenvalue weighted by Gasteiger charge is -2.41. The minimum absolute atomic E-state index is 0.0552. The first-order valence-electron chi connectivity index (χ1n) is 13.4. The number of halogens is 2. The highest BCUT2D eigenvalue weighted by Gasteiger charge is 2.35. The van der Waals surface area contributed by atoms with Crippen LogP contribution in [-0.2, 0) is 4.74 Å². The second-order valence-corrected chi connectivity index (χ2v) is 10.6. The fraction of sp³-hybridized carbons (Fsp3) is 0.786. The third-order valence-electron chi connectivity index (χ3n) is 8.76. The molecule has 2 aliphatic carbocycles. The van der Waals surface area contributed by atoms with Crippen molar-refractivity contribution in [1.82, 2.24) is 0 Å². The Balaban J connectivity index is 1.17. The SMILES string of the molecule is CCOc1ccc(OCC2CCC(C3CCC(C4CCC(CC)CC4)CC3)CO2)c(F)c1F. The van der Waals surface area contributed by atoms with Crippen LogP contribution < -0.4 is 9.47 Å². The van der Waals surface area contributed by atoms with Gasteiger partial charge in [0, 0.05) is 0 Å². The normalized spacial score (nSPS) is 33.0. The minimum Gasteiger partial charge on any atom is -0.491 e. The molecule has 2 saturated carbocycles. The number of benzene rings is 1. The summed E-state index contributed by atoms with van der Waals surface area (Å²) in [4.78, 5) is 0. The molecule has 33 heavy (non-hydrogen) atoms. The Labute approximate surface area is 198 Å². The summed E-state index contributed by atoms with van der Waals surface area (Å²) in [5, 5.41) is 0. The van der Waals surface area contributed by atoms with E-state index < -0.39 is 11.6 Å². The van der Waals surface area contributed by atoms with Gasteiger partial charge in [-0.25, -0.2) is 0 Å². The molecule has 1 aromatic carbocycles. The maximum atomic E-state index is 14.2. The third-order valence-corrected chi connectivity index (χ3v) is 8.76. The molecule has 5 heteroatoms. The zero-order valence-electron chi connectivity index (χ0n) is 20.5. The van der Waals surface area contributed by atoms with Gasteiger partial charge in [-0.15, -0.1) is 0 Å². The summed E-state index contributed by atoms with van der Waals surface area (Å²) < 4.78 is 45.0. The van der Waals surface area contributed by atoms with Crippen LogP contribution in [0.25, 0.3) is 0 Å². The second kappa shape index (κ2) is 11.9. The van der Waals surface area contributed by atoms with Gasteiger partial charge in [-0.2, -0.15) is 8.78 Å². The molecular formula is C28H42F2O3. The standard InChI is InChI=1S/C28H42F2O3/c1-3-19-5-7-20(8-6-19)21-9-11-22(12-10-21)23-13-14-24(32-17-23)18-33-26-16-15-25(31-4-2)27(29)28(26)30/h15-16,19-24H,3-14,17-18H2,1-2H3. The summed E-state index contributed by atoms with van der Waals surface area (Å²) in [5.74, 6) is 2.20. The first-order valence-corrected chi connectivity index (χ1v) is 13.4. The van der Waals surface area contributed by atoms with Crippen molar-refractivity contribution in [3.63, 3.8) is 0 Å². The zero-order chi connectivity index (χ0) is 23.2. The fourth-order valence-electron chi connectivity index (χ4n) is 6.56. The van der Waals surface area contributed by atoms with Gasteiger partial charge in [-0.05, 0) is 100 Å². The summed E-state index contributed by atoms with van der Waals surface area (Å²) in [6.07, 6.45) is 14.7. The number of ether oxygens (including phenoxy) is 3. The highest BCUT2D eigenvalue weighted by molar-refractivity contribution is 5.35. The van der Waals surface area contributed by atoms with Crippen LogP contribution in [0.5, 0.6) is 11.5 Å². The van der Waals surface area contributed by atoms with Crippen LogP contribution in [-0.4, -0.2) is 25.9 Å². The highest BCUT2D eigenvalue weighted by atomic mass is 19.2. The molecule has 0 N–H and O–H groups in total. The lowest BCUT2D eigenvalue weighted by Crippen LogP contribution is -2.36. The van der Waals surface area contributed by atoms with Gasteiger partial charge < -0.3 is 14.2 Å². The minimum atomic E-state index is -0.993. The molecule has 3 fully saturated rings. The van der Waals surface area contributed by atoms with E-state index in [0.717, 1.165) is 43.1 Å². The van der Waals surface area contributed by atoms with Crippen molar-refractivity contribution in [2.24, 2.45) is 29.6 Å². The fourth-order valence-corrected chi connectivity index (χ4v) is 6.56. The van der Waals surface area contributed by atoms with E-state index in [1.807, 2.05) is 0 Å². The molecule has 1 heterocycles. The van der Waals surface area contributed by atoms with Gasteiger partial charge >= 0.3 is 0 Å². The molecule has 0 aromatic heterocycles. The van der Waals surface area contributed by atoms with Crippen LogP contribution in [0.4, 0.5) is 8.78 Å². The Bertz CT molecular complexity index is 731. The Kier molecular flexibility index (Phi) is 8.90. The molecule has 0 amide bonds. The largest absolute Gasteiger partial charge is 0.491 e. The summed E-state index contributed by atoms with van der Waals surface area (Å²) in [6.45, 7) is 5.39. The van der Waals surface area contributed by atoms with Crippen LogP contribution in [0.1, 0.15) is 84.5 Å². The predicted octanol–water partition coefficient (Wildman–Crippen LogP) is 7.56. The molecule has 0 radical (unpaired) electrons. The molecule has 2 atom stereocenters. The van der Waals surface area contributed by atoms with E-state index in [1.54, 1.807) is 6.92 Å². The van der Waals surface area contributed by atoms with Gasteiger partial charge in [0.15, 0.2) is 11.5 Å². The number of hydrogen-bond acceptors (Lipinski definition) is 3. The highest BCUT2D eigenvalue weighted by Crippen LogP contribution is 2.44. The average molecular weight is 465 g/mol. The maximum Gasteiger partial charge on any atom is 0.204 e. The third kappa shape index (κ3) is 6.21. The molecule has 1 aliphatic heterocycles. The molecule has 2 unspecified atom stereocenters. The number of rotatable bonds is 8. The quantitative estimate of drug-likeness (QED) is 0.397. The predicted molar refractivity (Wildman–Crippen MR) is 127 cm³/mol. The zero-order valence-corrected chi connectivity index (χ0v) is 20.5. The van der Waals surface area contributed by atoms with Gasteiger partial charge in [-0.3, -0.25) is 0 Å². The summed E-state index contributed by atoms with van der Waals surface area (Å²) in [5.41, 5.74) is 0. The van der Waals surface area contributed by atoms with Crippen LogP contribution in [0.15, 0.2) is 12.1 Å². The molecule has 3 aliphatic rings.